The number of benzene rings is 1. The van der Waals surface area contributed by atoms with Gasteiger partial charge in [0.1, 0.15) is 6.54 Å². The minimum absolute atomic E-state index is 0.0735. The van der Waals surface area contributed by atoms with Crippen LogP contribution in [0.5, 0.6) is 0 Å². The van der Waals surface area contributed by atoms with Crippen LogP contribution in [0.2, 0.25) is 0 Å². The van der Waals surface area contributed by atoms with Crippen LogP contribution in [-0.2, 0) is 13.2 Å². The Balaban J connectivity index is 1.96. The SMILES string of the molecule is C=CCNc1nn(C[NH+](C)Cc2ccc(C(=O)NC)cc2)c(=S)s1. The van der Waals surface area contributed by atoms with Gasteiger partial charge in [0.15, 0.2) is 10.6 Å². The number of nitrogens with one attached hydrogen (secondary N) is 3. The molecular formula is C16H22N5OS2+. The van der Waals surface area contributed by atoms with E-state index in [-0.39, 0.29) is 5.91 Å². The molecule has 1 aromatic carbocycles. The molecule has 3 N–H and O–H groups in total. The Labute approximate surface area is 150 Å². The number of amides is 1. The average Bonchev–Trinajstić information content (AvgIpc) is 2.92. The highest BCUT2D eigenvalue weighted by Gasteiger charge is 2.10. The summed E-state index contributed by atoms with van der Waals surface area (Å²) in [6, 6.07) is 7.64. The fraction of sp³-hybridized carbons (Fsp3) is 0.312. The fourth-order valence-electron chi connectivity index (χ4n) is 2.22. The Morgan fingerprint density at radius 3 is 2.79 bits per heavy atom. The Bertz CT molecular complexity index is 751. The molecule has 1 atom stereocenters. The molecule has 24 heavy (non-hydrogen) atoms. The van der Waals surface area contributed by atoms with E-state index in [4.69, 9.17) is 12.2 Å². The van der Waals surface area contributed by atoms with Crippen LogP contribution in [0.25, 0.3) is 0 Å². The molecule has 2 aromatic rings. The molecule has 0 saturated heterocycles. The fourth-order valence-corrected chi connectivity index (χ4v) is 3.23. The molecule has 1 aromatic heterocycles. The van der Waals surface area contributed by atoms with Crippen LogP contribution in [0, 0.1) is 3.95 Å². The van der Waals surface area contributed by atoms with Crippen molar-refractivity contribution in [2.45, 2.75) is 13.2 Å². The van der Waals surface area contributed by atoms with Gasteiger partial charge in [-0.1, -0.05) is 29.5 Å². The molecule has 0 fully saturated rings. The van der Waals surface area contributed by atoms with Gasteiger partial charge >= 0.3 is 0 Å². The van der Waals surface area contributed by atoms with Crippen LogP contribution >= 0.6 is 23.6 Å². The van der Waals surface area contributed by atoms with E-state index in [1.165, 1.54) is 16.2 Å². The van der Waals surface area contributed by atoms with Crippen molar-refractivity contribution in [2.75, 3.05) is 26.0 Å². The summed E-state index contributed by atoms with van der Waals surface area (Å²) in [7, 11) is 3.72. The van der Waals surface area contributed by atoms with Crippen molar-refractivity contribution in [3.05, 3.63) is 52.0 Å². The summed E-state index contributed by atoms with van der Waals surface area (Å²) in [5, 5.41) is 11.1. The highest BCUT2D eigenvalue weighted by molar-refractivity contribution is 7.73. The third-order valence-electron chi connectivity index (χ3n) is 3.37. The maximum atomic E-state index is 11.6. The van der Waals surface area contributed by atoms with Crippen LogP contribution in [0.4, 0.5) is 5.13 Å². The van der Waals surface area contributed by atoms with E-state index in [9.17, 15) is 4.79 Å². The third-order valence-corrected chi connectivity index (χ3v) is 4.64. The van der Waals surface area contributed by atoms with Gasteiger partial charge < -0.3 is 15.5 Å². The summed E-state index contributed by atoms with van der Waals surface area (Å²) in [5.74, 6) is -0.0735. The predicted octanol–water partition coefficient (Wildman–Crippen LogP) is 1.30. The van der Waals surface area contributed by atoms with Crippen LogP contribution in [-0.4, -0.2) is 36.3 Å². The lowest BCUT2D eigenvalue weighted by atomic mass is 10.1. The molecule has 1 unspecified atom stereocenters. The van der Waals surface area contributed by atoms with E-state index in [0.29, 0.717) is 18.8 Å². The lowest BCUT2D eigenvalue weighted by Crippen LogP contribution is -3.07. The maximum absolute atomic E-state index is 11.6. The summed E-state index contributed by atoms with van der Waals surface area (Å²) in [6.07, 6.45) is 1.79. The van der Waals surface area contributed by atoms with Gasteiger partial charge in [-0.15, -0.1) is 11.7 Å². The van der Waals surface area contributed by atoms with Crippen LogP contribution in [0.1, 0.15) is 15.9 Å². The van der Waals surface area contributed by atoms with Gasteiger partial charge in [0.05, 0.1) is 7.05 Å². The first kappa shape index (κ1) is 18.3. The molecule has 0 bridgehead atoms. The molecule has 8 heteroatoms. The smallest absolute Gasteiger partial charge is 0.251 e. The van der Waals surface area contributed by atoms with Crippen LogP contribution < -0.4 is 15.5 Å². The number of hydrogen-bond acceptors (Lipinski definition) is 5. The molecule has 0 aliphatic rings. The van der Waals surface area contributed by atoms with Gasteiger partial charge in [0.2, 0.25) is 5.13 Å². The number of hydrogen-bond donors (Lipinski definition) is 3. The second kappa shape index (κ2) is 8.72. The van der Waals surface area contributed by atoms with Crippen molar-refractivity contribution in [3.8, 4) is 0 Å². The zero-order valence-corrected chi connectivity index (χ0v) is 15.5. The molecule has 2 rings (SSSR count). The monoisotopic (exact) mass is 364 g/mol. The van der Waals surface area contributed by atoms with Crippen molar-refractivity contribution in [3.63, 3.8) is 0 Å². The molecule has 0 radical (unpaired) electrons. The standard InChI is InChI=1S/C16H21N5OS2/c1-4-9-18-15-19-21(16(23)24-15)11-20(3)10-12-5-7-13(8-6-12)14(22)17-2/h4-8H,1,9-11H2,2-3H3,(H,17,22)(H,18,19)/p+1. The van der Waals surface area contributed by atoms with Crippen molar-refractivity contribution < 1.29 is 9.69 Å². The number of carbonyl (C=O) groups is 1. The zero-order chi connectivity index (χ0) is 17.5. The maximum Gasteiger partial charge on any atom is 0.251 e. The van der Waals surface area contributed by atoms with Crippen molar-refractivity contribution in [2.24, 2.45) is 0 Å². The van der Waals surface area contributed by atoms with Crippen LogP contribution in [0.15, 0.2) is 36.9 Å². The number of nitrogens with zero attached hydrogens (tertiary/aromatic N) is 2. The second-order valence-corrected chi connectivity index (χ2v) is 7.03. The predicted molar refractivity (Wildman–Crippen MR) is 100 cm³/mol. The molecule has 0 aliphatic carbocycles. The molecule has 128 valence electrons. The van der Waals surface area contributed by atoms with E-state index in [1.54, 1.807) is 13.1 Å². The molecule has 0 spiro atoms. The lowest BCUT2D eigenvalue weighted by Gasteiger charge is -2.14. The Morgan fingerprint density at radius 2 is 2.17 bits per heavy atom. The highest BCUT2D eigenvalue weighted by Crippen LogP contribution is 2.13. The van der Waals surface area contributed by atoms with Crippen molar-refractivity contribution in [1.82, 2.24) is 15.1 Å². The first-order valence-corrected chi connectivity index (χ1v) is 8.81. The lowest BCUT2D eigenvalue weighted by molar-refractivity contribution is -0.917. The number of quaternary nitrogens is 1. The molecular weight excluding hydrogens is 342 g/mol. The van der Waals surface area contributed by atoms with E-state index in [2.05, 4.69) is 29.4 Å². The van der Waals surface area contributed by atoms with Gasteiger partial charge in [0.25, 0.3) is 5.91 Å². The zero-order valence-electron chi connectivity index (χ0n) is 13.8. The topological polar surface area (TPSA) is 63.4 Å². The molecule has 1 heterocycles. The average molecular weight is 365 g/mol. The number of rotatable bonds is 8. The largest absolute Gasteiger partial charge is 0.357 e. The van der Waals surface area contributed by atoms with Crippen molar-refractivity contribution in [1.29, 1.82) is 0 Å². The summed E-state index contributed by atoms with van der Waals surface area (Å²) < 4.78 is 2.58. The second-order valence-electron chi connectivity index (χ2n) is 5.41. The first-order chi connectivity index (χ1) is 11.5. The van der Waals surface area contributed by atoms with E-state index < -0.39 is 0 Å². The Kier molecular flexibility index (Phi) is 6.65. The number of aromatic nitrogens is 2. The van der Waals surface area contributed by atoms with Gasteiger partial charge in [-0.3, -0.25) is 4.79 Å². The molecule has 0 aliphatic heterocycles. The molecule has 1 amide bonds. The van der Waals surface area contributed by atoms with Crippen LogP contribution in [0.3, 0.4) is 0 Å². The molecule has 6 nitrogen and oxygen atoms in total. The molecule has 0 saturated carbocycles. The minimum Gasteiger partial charge on any atom is -0.357 e. The van der Waals surface area contributed by atoms with Gasteiger partial charge in [-0.05, 0) is 24.4 Å². The minimum atomic E-state index is -0.0735. The summed E-state index contributed by atoms with van der Waals surface area (Å²) in [4.78, 5) is 12.8. The summed E-state index contributed by atoms with van der Waals surface area (Å²) in [5.41, 5.74) is 1.82. The number of anilines is 1. The van der Waals surface area contributed by atoms with Gasteiger partial charge in [-0.25, -0.2) is 0 Å². The Morgan fingerprint density at radius 1 is 1.46 bits per heavy atom. The normalized spacial score (nSPS) is 11.8. The number of carbonyl (C=O) groups excluding carboxylic acids is 1. The van der Waals surface area contributed by atoms with E-state index in [0.717, 1.165) is 21.2 Å². The van der Waals surface area contributed by atoms with Gasteiger partial charge in [-0.2, -0.15) is 4.68 Å². The Hall–Kier alpha value is -2.03. The van der Waals surface area contributed by atoms with E-state index in [1.807, 2.05) is 28.9 Å². The van der Waals surface area contributed by atoms with Gasteiger partial charge in [0, 0.05) is 24.7 Å². The summed E-state index contributed by atoms with van der Waals surface area (Å²) >= 11 is 6.82. The highest BCUT2D eigenvalue weighted by atomic mass is 32.1. The quantitative estimate of drug-likeness (QED) is 0.488. The first-order valence-electron chi connectivity index (χ1n) is 7.58. The van der Waals surface area contributed by atoms with E-state index >= 15 is 0 Å². The van der Waals surface area contributed by atoms with Crippen molar-refractivity contribution >= 4 is 34.6 Å². The summed E-state index contributed by atoms with van der Waals surface area (Å²) in [6.45, 7) is 5.85. The third kappa shape index (κ3) is 4.98.